The maximum Gasteiger partial charge on any atom is 0.165 e. The van der Waals surface area contributed by atoms with Crippen molar-refractivity contribution in [1.29, 1.82) is 0 Å². The van der Waals surface area contributed by atoms with Crippen LogP contribution in [0.1, 0.15) is 6.92 Å². The van der Waals surface area contributed by atoms with E-state index in [9.17, 15) is 0 Å². The van der Waals surface area contributed by atoms with Gasteiger partial charge in [-0.2, -0.15) is 0 Å². The van der Waals surface area contributed by atoms with Crippen molar-refractivity contribution in [3.05, 3.63) is 27.5 Å². The van der Waals surface area contributed by atoms with Crippen LogP contribution in [0.4, 0.5) is 0 Å². The predicted molar refractivity (Wildman–Crippen MR) is 60.1 cm³/mol. The lowest BCUT2D eigenvalue weighted by atomic mass is 10.5. The van der Waals surface area contributed by atoms with Crippen LogP contribution >= 0.6 is 31.9 Å². The Labute approximate surface area is 93.5 Å². The smallest absolute Gasteiger partial charge is 0.165 e. The summed E-state index contributed by atoms with van der Waals surface area (Å²) in [6.07, 6.45) is 1.83. The maximum absolute atomic E-state index is 4.17. The third-order valence-electron chi connectivity index (χ3n) is 1.48. The molecule has 0 atom stereocenters. The van der Waals surface area contributed by atoms with Crippen LogP contribution in [0.25, 0.3) is 5.70 Å². The molecule has 0 radical (unpaired) electrons. The van der Waals surface area contributed by atoms with Gasteiger partial charge in [0.05, 0.1) is 0 Å². The first-order valence-electron chi connectivity index (χ1n) is 3.59. The molecule has 5 heteroatoms. The molecule has 0 N–H and O–H groups in total. The lowest BCUT2D eigenvalue weighted by molar-refractivity contribution is 0.895. The molecule has 0 saturated heterocycles. The van der Waals surface area contributed by atoms with Gasteiger partial charge in [0.2, 0.25) is 0 Å². The topological polar surface area (TPSA) is 30.2 Å². The standard InChI is InChI=1S/C8H9Br2N3/c1-5(2)13-4-6(9)12-7(10)8(13)11-3/h4H,1H2,2-3H3. The number of allylic oxidation sites excluding steroid dienone is 1. The molecule has 0 saturated carbocycles. The van der Waals surface area contributed by atoms with E-state index in [-0.39, 0.29) is 0 Å². The average molecular weight is 307 g/mol. The second-order valence-corrected chi connectivity index (χ2v) is 4.07. The number of nitrogens with zero attached hydrogens (tertiary/aromatic N) is 3. The summed E-state index contributed by atoms with van der Waals surface area (Å²) in [5.74, 6) is 0. The molecule has 0 bridgehead atoms. The van der Waals surface area contributed by atoms with Crippen molar-refractivity contribution in [2.24, 2.45) is 4.99 Å². The molecule has 1 rings (SSSR count). The van der Waals surface area contributed by atoms with Gasteiger partial charge >= 0.3 is 0 Å². The highest BCUT2D eigenvalue weighted by atomic mass is 79.9. The molecule has 0 unspecified atom stereocenters. The minimum absolute atomic E-state index is 0.701. The first-order valence-corrected chi connectivity index (χ1v) is 5.18. The van der Waals surface area contributed by atoms with E-state index in [0.717, 1.165) is 15.8 Å². The Morgan fingerprint density at radius 1 is 1.62 bits per heavy atom. The summed E-state index contributed by atoms with van der Waals surface area (Å²) in [6, 6.07) is 0. The lowest BCUT2D eigenvalue weighted by Gasteiger charge is -2.07. The highest BCUT2D eigenvalue weighted by molar-refractivity contribution is 9.11. The van der Waals surface area contributed by atoms with Crippen LogP contribution in [0.3, 0.4) is 0 Å². The van der Waals surface area contributed by atoms with Gasteiger partial charge in [0, 0.05) is 18.9 Å². The number of hydrogen-bond donors (Lipinski definition) is 0. The molecule has 3 nitrogen and oxygen atoms in total. The third kappa shape index (κ3) is 2.28. The molecule has 70 valence electrons. The monoisotopic (exact) mass is 305 g/mol. The molecule has 1 aromatic rings. The Kier molecular flexibility index (Phi) is 3.44. The molecular weight excluding hydrogens is 298 g/mol. The van der Waals surface area contributed by atoms with Crippen LogP contribution < -0.4 is 5.49 Å². The molecule has 0 aliphatic carbocycles. The van der Waals surface area contributed by atoms with Crippen LogP contribution in [0.5, 0.6) is 0 Å². The average Bonchev–Trinajstić information content (AvgIpc) is 2.02. The van der Waals surface area contributed by atoms with Crippen LogP contribution in [-0.4, -0.2) is 16.6 Å². The van der Waals surface area contributed by atoms with E-state index in [0.29, 0.717) is 4.60 Å². The fourth-order valence-corrected chi connectivity index (χ4v) is 2.11. The van der Waals surface area contributed by atoms with E-state index < -0.39 is 0 Å². The minimum atomic E-state index is 0.701. The summed E-state index contributed by atoms with van der Waals surface area (Å²) in [7, 11) is 1.72. The fraction of sp³-hybridized carbons (Fsp3) is 0.250. The Hall–Kier alpha value is -0.420. The van der Waals surface area contributed by atoms with E-state index >= 15 is 0 Å². The summed E-state index contributed by atoms with van der Waals surface area (Å²) in [5, 5.41) is 0. The van der Waals surface area contributed by atoms with E-state index in [1.807, 2.05) is 17.7 Å². The Balaban J connectivity index is 3.58. The van der Waals surface area contributed by atoms with Crippen molar-refractivity contribution in [1.82, 2.24) is 9.55 Å². The second-order valence-electron chi connectivity index (χ2n) is 2.51. The van der Waals surface area contributed by atoms with Crippen LogP contribution in [0, 0.1) is 0 Å². The largest absolute Gasteiger partial charge is 0.302 e. The Bertz CT molecular complexity index is 406. The SMILES string of the molecule is C=C(C)n1cc(Br)nc(Br)c1=NC. The third-order valence-corrected chi connectivity index (χ3v) is 2.39. The zero-order chi connectivity index (χ0) is 10.0. The van der Waals surface area contributed by atoms with E-state index in [2.05, 4.69) is 48.4 Å². The van der Waals surface area contributed by atoms with Crippen LogP contribution in [0.2, 0.25) is 0 Å². The van der Waals surface area contributed by atoms with E-state index in [1.54, 1.807) is 7.05 Å². The summed E-state index contributed by atoms with van der Waals surface area (Å²) < 4.78 is 3.31. The van der Waals surface area contributed by atoms with Crippen molar-refractivity contribution in [2.45, 2.75) is 6.92 Å². The number of hydrogen-bond acceptors (Lipinski definition) is 2. The minimum Gasteiger partial charge on any atom is -0.302 e. The zero-order valence-corrected chi connectivity index (χ0v) is 10.6. The highest BCUT2D eigenvalue weighted by Gasteiger charge is 2.02. The number of halogens is 2. The van der Waals surface area contributed by atoms with Gasteiger partial charge in [0.25, 0.3) is 0 Å². The van der Waals surface area contributed by atoms with Gasteiger partial charge in [-0.05, 0) is 38.8 Å². The number of rotatable bonds is 1. The zero-order valence-electron chi connectivity index (χ0n) is 7.38. The molecule has 1 aromatic heterocycles. The molecule has 0 fully saturated rings. The van der Waals surface area contributed by atoms with Gasteiger partial charge in [-0.25, -0.2) is 4.98 Å². The van der Waals surface area contributed by atoms with Gasteiger partial charge in [-0.3, -0.25) is 4.99 Å². The summed E-state index contributed by atoms with van der Waals surface area (Å²) in [4.78, 5) is 8.27. The Morgan fingerprint density at radius 3 is 2.69 bits per heavy atom. The van der Waals surface area contributed by atoms with Gasteiger partial charge < -0.3 is 4.57 Å². The molecule has 0 amide bonds. The highest BCUT2D eigenvalue weighted by Crippen LogP contribution is 2.09. The molecule has 13 heavy (non-hydrogen) atoms. The maximum atomic E-state index is 4.17. The van der Waals surface area contributed by atoms with E-state index in [4.69, 9.17) is 0 Å². The molecule has 0 aliphatic rings. The van der Waals surface area contributed by atoms with Gasteiger partial charge in [0.1, 0.15) is 9.21 Å². The predicted octanol–water partition coefficient (Wildman–Crippen LogP) is 2.43. The fourth-order valence-electron chi connectivity index (χ4n) is 0.931. The van der Waals surface area contributed by atoms with Crippen molar-refractivity contribution >= 4 is 37.6 Å². The molecule has 0 aliphatic heterocycles. The molecule has 0 spiro atoms. The van der Waals surface area contributed by atoms with Gasteiger partial charge in [-0.15, -0.1) is 0 Å². The quantitative estimate of drug-likeness (QED) is 0.784. The first-order chi connectivity index (χ1) is 6.06. The van der Waals surface area contributed by atoms with Crippen molar-refractivity contribution in [2.75, 3.05) is 7.05 Å². The summed E-state index contributed by atoms with van der Waals surface area (Å²) >= 11 is 6.63. The van der Waals surface area contributed by atoms with Crippen molar-refractivity contribution in [3.63, 3.8) is 0 Å². The van der Waals surface area contributed by atoms with Crippen molar-refractivity contribution in [3.8, 4) is 0 Å². The van der Waals surface area contributed by atoms with Gasteiger partial charge in [-0.1, -0.05) is 6.58 Å². The van der Waals surface area contributed by atoms with E-state index in [1.165, 1.54) is 0 Å². The second kappa shape index (κ2) is 4.19. The summed E-state index contributed by atoms with van der Waals surface area (Å²) in [5.41, 5.74) is 1.65. The van der Waals surface area contributed by atoms with Crippen LogP contribution in [-0.2, 0) is 0 Å². The lowest BCUT2D eigenvalue weighted by Crippen LogP contribution is -2.21. The number of aromatic nitrogens is 2. The van der Waals surface area contributed by atoms with Crippen molar-refractivity contribution < 1.29 is 0 Å². The first kappa shape index (κ1) is 10.7. The molecule has 1 heterocycles. The molecular formula is C8H9Br2N3. The molecule has 0 aromatic carbocycles. The normalized spacial score (nSPS) is 11.8. The Morgan fingerprint density at radius 2 is 2.23 bits per heavy atom. The van der Waals surface area contributed by atoms with Gasteiger partial charge in [0.15, 0.2) is 5.49 Å². The van der Waals surface area contributed by atoms with Crippen LogP contribution in [0.15, 0.2) is 27.0 Å². The summed E-state index contributed by atoms with van der Waals surface area (Å²) in [6.45, 7) is 5.76.